The van der Waals surface area contributed by atoms with Crippen LogP contribution < -0.4 is 0 Å². The van der Waals surface area contributed by atoms with Gasteiger partial charge in [0.15, 0.2) is 0 Å². The van der Waals surface area contributed by atoms with E-state index in [-0.39, 0.29) is 32.5 Å². The zero-order valence-electron chi connectivity index (χ0n) is 9.96. The molecule has 1 N–H and O–H groups in total. The lowest BCUT2D eigenvalue weighted by atomic mass is 10.2. The number of hydrogen-bond acceptors (Lipinski definition) is 5. The Kier molecular flexibility index (Phi) is 8.89. The van der Waals surface area contributed by atoms with Gasteiger partial charge in [0, 0.05) is 18.9 Å². The van der Waals surface area contributed by atoms with E-state index in [1.54, 1.807) is 0 Å². The number of rotatable bonds is 9. The van der Waals surface area contributed by atoms with E-state index in [1.165, 1.54) is 12.2 Å². The van der Waals surface area contributed by atoms with E-state index in [1.807, 2.05) is 0 Å². The second kappa shape index (κ2) is 10.1. The van der Waals surface area contributed by atoms with Crippen LogP contribution in [0.2, 0.25) is 0 Å². The molecule has 0 atom stereocenters. The number of aliphatic carboxylic acids is 1. The summed E-state index contributed by atoms with van der Waals surface area (Å²) in [5, 5.41) is 8.35. The van der Waals surface area contributed by atoms with Crippen LogP contribution in [0.5, 0.6) is 0 Å². The highest BCUT2D eigenvalue weighted by Gasteiger charge is 2.03. The highest BCUT2D eigenvalue weighted by Crippen LogP contribution is 1.97. The molecular formula is C12H16O6. The van der Waals surface area contributed by atoms with Crippen LogP contribution in [0.4, 0.5) is 0 Å². The number of esters is 2. The number of carboxylic acids is 1. The molecule has 18 heavy (non-hydrogen) atoms. The van der Waals surface area contributed by atoms with Crippen LogP contribution in [0.1, 0.15) is 19.3 Å². The van der Waals surface area contributed by atoms with E-state index in [4.69, 9.17) is 9.84 Å². The van der Waals surface area contributed by atoms with E-state index < -0.39 is 17.9 Å². The van der Waals surface area contributed by atoms with Crippen molar-refractivity contribution in [2.75, 3.05) is 13.2 Å². The Bertz CT molecular complexity index is 331. The molecule has 0 aromatic rings. The monoisotopic (exact) mass is 256 g/mol. The number of carboxylic acid groups (broad SMARTS) is 1. The van der Waals surface area contributed by atoms with Crippen molar-refractivity contribution in [3.8, 4) is 0 Å². The van der Waals surface area contributed by atoms with Crippen molar-refractivity contribution in [1.29, 1.82) is 0 Å². The average molecular weight is 256 g/mol. The van der Waals surface area contributed by atoms with Crippen LogP contribution in [-0.4, -0.2) is 36.2 Å². The van der Waals surface area contributed by atoms with Gasteiger partial charge in [-0.1, -0.05) is 6.58 Å². The van der Waals surface area contributed by atoms with Crippen molar-refractivity contribution >= 4 is 17.9 Å². The summed E-state index contributed by atoms with van der Waals surface area (Å²) in [6, 6.07) is 0. The molecule has 0 spiro atoms. The minimum atomic E-state index is -0.938. The summed E-state index contributed by atoms with van der Waals surface area (Å²) in [7, 11) is 0. The molecule has 6 heteroatoms. The molecule has 0 fully saturated rings. The molecule has 0 radical (unpaired) electrons. The fourth-order valence-electron chi connectivity index (χ4n) is 0.922. The summed E-state index contributed by atoms with van der Waals surface area (Å²) in [5.41, 5.74) is 0. The van der Waals surface area contributed by atoms with Gasteiger partial charge in [0.25, 0.3) is 0 Å². The van der Waals surface area contributed by atoms with Crippen molar-refractivity contribution in [2.24, 2.45) is 0 Å². The molecule has 0 aliphatic rings. The molecule has 0 saturated carbocycles. The standard InChI is InChI=1S/C12H16O6/c1-2-11(15)17-8-3-4-9-18-12(16)7-5-6-10(13)14/h2-4H,1,5-9H2,(H,13,14). The fraction of sp³-hybridized carbons (Fsp3) is 0.417. The maximum absolute atomic E-state index is 11.1. The molecule has 0 saturated heterocycles. The molecule has 6 nitrogen and oxygen atoms in total. The maximum atomic E-state index is 11.1. The van der Waals surface area contributed by atoms with Gasteiger partial charge in [0.05, 0.1) is 0 Å². The molecule has 0 aromatic carbocycles. The van der Waals surface area contributed by atoms with Gasteiger partial charge in [0.1, 0.15) is 13.2 Å². The second-order valence-electron chi connectivity index (χ2n) is 3.24. The summed E-state index contributed by atoms with van der Waals surface area (Å²) in [6.07, 6.45) is 4.40. The molecule has 0 unspecified atom stereocenters. The van der Waals surface area contributed by atoms with Gasteiger partial charge in [-0.3, -0.25) is 9.59 Å². The lowest BCUT2D eigenvalue weighted by Gasteiger charge is -2.00. The predicted octanol–water partition coefficient (Wildman–Crippen LogP) is 1.07. The van der Waals surface area contributed by atoms with E-state index >= 15 is 0 Å². The van der Waals surface area contributed by atoms with Crippen LogP contribution in [0.15, 0.2) is 24.8 Å². The number of hydrogen-bond donors (Lipinski definition) is 1. The first-order valence-corrected chi connectivity index (χ1v) is 5.38. The smallest absolute Gasteiger partial charge is 0.330 e. The molecule has 0 bridgehead atoms. The van der Waals surface area contributed by atoms with Crippen molar-refractivity contribution < 1.29 is 29.0 Å². The molecule has 0 heterocycles. The summed E-state index contributed by atoms with van der Waals surface area (Å²) in [6.45, 7) is 3.38. The van der Waals surface area contributed by atoms with Gasteiger partial charge >= 0.3 is 17.9 Å². The molecular weight excluding hydrogens is 240 g/mol. The number of carbonyl (C=O) groups excluding carboxylic acids is 2. The van der Waals surface area contributed by atoms with Crippen molar-refractivity contribution in [2.45, 2.75) is 19.3 Å². The van der Waals surface area contributed by atoms with Crippen LogP contribution in [-0.2, 0) is 23.9 Å². The van der Waals surface area contributed by atoms with Crippen molar-refractivity contribution in [3.05, 3.63) is 24.8 Å². The number of carbonyl (C=O) groups is 3. The second-order valence-corrected chi connectivity index (χ2v) is 3.24. The highest BCUT2D eigenvalue weighted by molar-refractivity contribution is 5.81. The van der Waals surface area contributed by atoms with E-state index in [0.29, 0.717) is 0 Å². The van der Waals surface area contributed by atoms with Crippen LogP contribution >= 0.6 is 0 Å². The zero-order chi connectivity index (χ0) is 13.8. The van der Waals surface area contributed by atoms with Gasteiger partial charge in [-0.2, -0.15) is 0 Å². The quantitative estimate of drug-likeness (QED) is 0.377. The third-order valence-corrected chi connectivity index (χ3v) is 1.77. The molecule has 0 aromatic heterocycles. The Hall–Kier alpha value is -2.11. The third-order valence-electron chi connectivity index (χ3n) is 1.77. The normalized spacial score (nSPS) is 10.0. The highest BCUT2D eigenvalue weighted by atomic mass is 16.5. The molecule has 100 valence electrons. The van der Waals surface area contributed by atoms with E-state index in [0.717, 1.165) is 6.08 Å². The summed E-state index contributed by atoms with van der Waals surface area (Å²) >= 11 is 0. The summed E-state index contributed by atoms with van der Waals surface area (Å²) in [4.78, 5) is 31.9. The first-order chi connectivity index (χ1) is 8.56. The lowest BCUT2D eigenvalue weighted by molar-refractivity contribution is -0.143. The Morgan fingerprint density at radius 2 is 1.67 bits per heavy atom. The fourth-order valence-corrected chi connectivity index (χ4v) is 0.922. The van der Waals surface area contributed by atoms with Gasteiger partial charge in [-0.25, -0.2) is 4.79 Å². The average Bonchev–Trinajstić information content (AvgIpc) is 2.32. The summed E-state index contributed by atoms with van der Waals surface area (Å²) in [5.74, 6) is -1.92. The third kappa shape index (κ3) is 10.4. The molecule has 0 rings (SSSR count). The van der Waals surface area contributed by atoms with Gasteiger partial charge in [-0.15, -0.1) is 0 Å². The van der Waals surface area contributed by atoms with Crippen molar-refractivity contribution in [3.63, 3.8) is 0 Å². The van der Waals surface area contributed by atoms with Crippen LogP contribution in [0, 0.1) is 0 Å². The van der Waals surface area contributed by atoms with Gasteiger partial charge in [0.2, 0.25) is 0 Å². The Labute approximate surface area is 105 Å². The lowest BCUT2D eigenvalue weighted by Crippen LogP contribution is -2.06. The van der Waals surface area contributed by atoms with Gasteiger partial charge < -0.3 is 14.6 Å². The molecule has 0 aliphatic heterocycles. The Morgan fingerprint density at radius 3 is 2.22 bits per heavy atom. The van der Waals surface area contributed by atoms with Crippen LogP contribution in [0.25, 0.3) is 0 Å². The molecule has 0 aliphatic carbocycles. The number of ether oxygens (including phenoxy) is 2. The molecule has 0 amide bonds. The Morgan fingerprint density at radius 1 is 1.06 bits per heavy atom. The van der Waals surface area contributed by atoms with Crippen LogP contribution in [0.3, 0.4) is 0 Å². The largest absolute Gasteiger partial charge is 0.481 e. The first-order valence-electron chi connectivity index (χ1n) is 5.38. The van der Waals surface area contributed by atoms with Gasteiger partial charge in [-0.05, 0) is 18.6 Å². The van der Waals surface area contributed by atoms with E-state index in [2.05, 4.69) is 11.3 Å². The Balaban J connectivity index is 3.49. The SMILES string of the molecule is C=CC(=O)OCC=CCOC(=O)CCCC(=O)O. The minimum Gasteiger partial charge on any atom is -0.481 e. The maximum Gasteiger partial charge on any atom is 0.330 e. The van der Waals surface area contributed by atoms with E-state index in [9.17, 15) is 14.4 Å². The van der Waals surface area contributed by atoms with Crippen molar-refractivity contribution in [1.82, 2.24) is 0 Å². The first kappa shape index (κ1) is 15.9. The zero-order valence-corrected chi connectivity index (χ0v) is 9.96. The predicted molar refractivity (Wildman–Crippen MR) is 62.7 cm³/mol. The minimum absolute atomic E-state index is 0.0531. The topological polar surface area (TPSA) is 89.9 Å². The summed E-state index contributed by atoms with van der Waals surface area (Å²) < 4.78 is 9.42.